The summed E-state index contributed by atoms with van der Waals surface area (Å²) >= 11 is 0. The molecule has 1 amide bonds. The molecule has 0 atom stereocenters. The number of aromatic amines is 1. The van der Waals surface area contributed by atoms with Gasteiger partial charge in [-0.25, -0.2) is 4.98 Å². The molecule has 0 aliphatic carbocycles. The summed E-state index contributed by atoms with van der Waals surface area (Å²) in [4.78, 5) is 15.5. The van der Waals surface area contributed by atoms with Crippen molar-refractivity contribution in [2.45, 2.75) is 6.54 Å². The van der Waals surface area contributed by atoms with E-state index in [1.165, 1.54) is 6.33 Å². The van der Waals surface area contributed by atoms with Gasteiger partial charge in [-0.05, 0) is 23.8 Å². The van der Waals surface area contributed by atoms with Gasteiger partial charge in [0, 0.05) is 19.2 Å². The highest BCUT2D eigenvalue weighted by atomic mass is 16.1. The van der Waals surface area contributed by atoms with Crippen molar-refractivity contribution in [2.75, 3.05) is 12.4 Å². The maximum atomic E-state index is 11.4. The van der Waals surface area contributed by atoms with Crippen molar-refractivity contribution >= 4 is 11.7 Å². The Bertz CT molecular complexity index is 784. The Labute approximate surface area is 132 Å². The van der Waals surface area contributed by atoms with E-state index in [-0.39, 0.29) is 11.6 Å². The second-order valence-electron chi connectivity index (χ2n) is 4.77. The zero-order chi connectivity index (χ0) is 16.1. The van der Waals surface area contributed by atoms with Crippen molar-refractivity contribution in [1.82, 2.24) is 30.7 Å². The zero-order valence-electron chi connectivity index (χ0n) is 12.4. The van der Waals surface area contributed by atoms with Crippen LogP contribution in [0.5, 0.6) is 0 Å². The highest BCUT2D eigenvalue weighted by molar-refractivity contribution is 5.91. The topological polar surface area (TPSA) is 108 Å². The number of hydrogen-bond donors (Lipinski definition) is 3. The summed E-state index contributed by atoms with van der Waals surface area (Å²) in [6.07, 6.45) is 1.48. The van der Waals surface area contributed by atoms with Crippen molar-refractivity contribution in [3.8, 4) is 11.4 Å². The van der Waals surface area contributed by atoms with Crippen LogP contribution in [0, 0.1) is 0 Å². The van der Waals surface area contributed by atoms with Gasteiger partial charge in [0.05, 0.1) is 0 Å². The molecule has 116 valence electrons. The molecule has 0 aliphatic heterocycles. The van der Waals surface area contributed by atoms with Crippen LogP contribution in [0.3, 0.4) is 0 Å². The van der Waals surface area contributed by atoms with E-state index in [4.69, 9.17) is 0 Å². The summed E-state index contributed by atoms with van der Waals surface area (Å²) in [6.45, 7) is 0.579. The lowest BCUT2D eigenvalue weighted by atomic mass is 10.1. The smallest absolute Gasteiger partial charge is 0.271 e. The monoisotopic (exact) mass is 309 g/mol. The fourth-order valence-corrected chi connectivity index (χ4v) is 2.04. The molecule has 0 radical (unpaired) electrons. The second kappa shape index (κ2) is 6.65. The molecule has 1 aromatic carbocycles. The largest absolute Gasteiger partial charge is 0.365 e. The molecule has 0 bridgehead atoms. The van der Waals surface area contributed by atoms with E-state index in [1.54, 1.807) is 19.2 Å². The second-order valence-corrected chi connectivity index (χ2v) is 4.77. The van der Waals surface area contributed by atoms with Crippen molar-refractivity contribution in [1.29, 1.82) is 0 Å². The van der Waals surface area contributed by atoms with E-state index in [1.807, 2.05) is 24.3 Å². The van der Waals surface area contributed by atoms with E-state index >= 15 is 0 Å². The number of anilines is 1. The van der Waals surface area contributed by atoms with Crippen LogP contribution in [0.15, 0.2) is 42.7 Å². The van der Waals surface area contributed by atoms with Crippen molar-refractivity contribution in [3.05, 3.63) is 54.0 Å². The normalized spacial score (nSPS) is 10.3. The number of benzene rings is 1. The molecule has 23 heavy (non-hydrogen) atoms. The molecule has 0 aliphatic rings. The van der Waals surface area contributed by atoms with Gasteiger partial charge in [-0.15, -0.1) is 10.2 Å². The molecule has 2 heterocycles. The molecular weight excluding hydrogens is 294 g/mol. The third-order valence-corrected chi connectivity index (χ3v) is 3.21. The van der Waals surface area contributed by atoms with Crippen molar-refractivity contribution in [3.63, 3.8) is 0 Å². The van der Waals surface area contributed by atoms with Gasteiger partial charge in [0.1, 0.15) is 12.1 Å². The summed E-state index contributed by atoms with van der Waals surface area (Å²) in [7, 11) is 1.55. The molecule has 0 spiro atoms. The van der Waals surface area contributed by atoms with Crippen LogP contribution >= 0.6 is 0 Å². The van der Waals surface area contributed by atoms with E-state index in [0.717, 1.165) is 17.0 Å². The fraction of sp³-hybridized carbons (Fsp3) is 0.133. The third kappa shape index (κ3) is 3.49. The minimum atomic E-state index is -0.260. The number of nitrogens with one attached hydrogen (secondary N) is 3. The predicted octanol–water partition coefficient (Wildman–Crippen LogP) is 1.23. The van der Waals surface area contributed by atoms with E-state index in [0.29, 0.717) is 12.4 Å². The van der Waals surface area contributed by atoms with Crippen LogP contribution in [0.1, 0.15) is 16.1 Å². The summed E-state index contributed by atoms with van der Waals surface area (Å²) in [5.74, 6) is 1.06. The third-order valence-electron chi connectivity index (χ3n) is 3.21. The van der Waals surface area contributed by atoms with Gasteiger partial charge in [-0.2, -0.15) is 5.10 Å². The molecular formula is C15H15N7O. The average molecular weight is 309 g/mol. The zero-order valence-corrected chi connectivity index (χ0v) is 12.4. The van der Waals surface area contributed by atoms with Gasteiger partial charge in [0.2, 0.25) is 0 Å². The van der Waals surface area contributed by atoms with Crippen molar-refractivity contribution < 1.29 is 4.79 Å². The highest BCUT2D eigenvalue weighted by Crippen LogP contribution is 2.16. The lowest BCUT2D eigenvalue weighted by molar-refractivity contribution is 0.0957. The Morgan fingerprint density at radius 3 is 2.83 bits per heavy atom. The van der Waals surface area contributed by atoms with Gasteiger partial charge in [-0.1, -0.05) is 18.2 Å². The number of aromatic nitrogens is 5. The van der Waals surface area contributed by atoms with Crippen LogP contribution in [0.2, 0.25) is 0 Å². The van der Waals surface area contributed by atoms with Gasteiger partial charge in [-0.3, -0.25) is 9.89 Å². The molecule has 3 rings (SSSR count). The minimum absolute atomic E-state index is 0.260. The first-order valence-electron chi connectivity index (χ1n) is 7.00. The van der Waals surface area contributed by atoms with Crippen LogP contribution in [0.25, 0.3) is 11.4 Å². The van der Waals surface area contributed by atoms with Crippen molar-refractivity contribution in [2.24, 2.45) is 0 Å². The summed E-state index contributed by atoms with van der Waals surface area (Å²) in [5, 5.41) is 20.2. The molecule has 8 nitrogen and oxygen atoms in total. The van der Waals surface area contributed by atoms with E-state index < -0.39 is 0 Å². The first-order valence-corrected chi connectivity index (χ1v) is 7.00. The first-order chi connectivity index (χ1) is 11.3. The molecule has 0 saturated heterocycles. The molecule has 3 N–H and O–H groups in total. The lowest BCUT2D eigenvalue weighted by Crippen LogP contribution is -2.19. The first kappa shape index (κ1) is 14.6. The number of rotatable bonds is 5. The average Bonchev–Trinajstić information content (AvgIpc) is 3.15. The Hall–Kier alpha value is -3.29. The number of carbonyl (C=O) groups excluding carboxylic acids is 1. The predicted molar refractivity (Wildman–Crippen MR) is 84.6 cm³/mol. The summed E-state index contributed by atoms with van der Waals surface area (Å²) in [5.41, 5.74) is 2.31. The van der Waals surface area contributed by atoms with Crippen LogP contribution in [-0.4, -0.2) is 38.3 Å². The van der Waals surface area contributed by atoms with E-state index in [2.05, 4.69) is 36.0 Å². The molecule has 8 heteroatoms. The molecule has 3 aromatic rings. The summed E-state index contributed by atoms with van der Waals surface area (Å²) < 4.78 is 0. The van der Waals surface area contributed by atoms with Crippen LogP contribution in [0.4, 0.5) is 5.82 Å². The SMILES string of the molecule is CNC(=O)c1ccc(NCc2cccc(-c3ncn[nH]3)c2)nn1. The standard InChI is InChI=1S/C15H15N7O/c1-16-15(23)12-5-6-13(21-20-12)17-8-10-3-2-4-11(7-10)14-18-9-19-22-14/h2-7,9H,8H2,1H3,(H,16,23)(H,17,21)(H,18,19,22). The van der Waals surface area contributed by atoms with Gasteiger partial charge in [0.25, 0.3) is 5.91 Å². The number of nitrogens with zero attached hydrogens (tertiary/aromatic N) is 4. The van der Waals surface area contributed by atoms with E-state index in [9.17, 15) is 4.79 Å². The fourth-order valence-electron chi connectivity index (χ4n) is 2.04. The quantitative estimate of drug-likeness (QED) is 0.654. The lowest BCUT2D eigenvalue weighted by Gasteiger charge is -2.07. The number of hydrogen-bond acceptors (Lipinski definition) is 6. The Morgan fingerprint density at radius 1 is 1.22 bits per heavy atom. The Morgan fingerprint density at radius 2 is 2.13 bits per heavy atom. The highest BCUT2D eigenvalue weighted by Gasteiger charge is 2.06. The Kier molecular flexibility index (Phi) is 4.23. The molecule has 0 saturated carbocycles. The Balaban J connectivity index is 1.66. The maximum Gasteiger partial charge on any atom is 0.271 e. The number of H-pyrrole nitrogens is 1. The van der Waals surface area contributed by atoms with Gasteiger partial charge in [0.15, 0.2) is 11.5 Å². The number of amides is 1. The molecule has 0 fully saturated rings. The molecule has 0 unspecified atom stereocenters. The molecule has 2 aromatic heterocycles. The van der Waals surface area contributed by atoms with Gasteiger partial charge >= 0.3 is 0 Å². The van der Waals surface area contributed by atoms with Gasteiger partial charge < -0.3 is 10.6 Å². The van der Waals surface area contributed by atoms with Crippen LogP contribution < -0.4 is 10.6 Å². The van der Waals surface area contributed by atoms with Crippen LogP contribution in [-0.2, 0) is 6.54 Å². The minimum Gasteiger partial charge on any atom is -0.365 e. The summed E-state index contributed by atoms with van der Waals surface area (Å²) in [6, 6.07) is 11.3. The number of carbonyl (C=O) groups is 1. The maximum absolute atomic E-state index is 11.4.